The Balaban J connectivity index is 1.86. The predicted molar refractivity (Wildman–Crippen MR) is 80.0 cm³/mol. The molecule has 0 bridgehead atoms. The minimum absolute atomic E-state index is 0.589. The SMILES string of the molecule is CCCn1nncc1C(O)c1cc2c(s1)CCCCC2. The summed E-state index contributed by atoms with van der Waals surface area (Å²) in [5.74, 6) is 0. The highest BCUT2D eigenvalue weighted by Gasteiger charge is 2.21. The molecule has 1 atom stereocenters. The molecule has 0 radical (unpaired) electrons. The average Bonchev–Trinajstić information content (AvgIpc) is 3.01. The molecule has 0 fully saturated rings. The number of thiophene rings is 1. The molecule has 2 heterocycles. The Morgan fingerprint density at radius 2 is 2.20 bits per heavy atom. The van der Waals surface area contributed by atoms with Crippen LogP contribution in [0.5, 0.6) is 0 Å². The topological polar surface area (TPSA) is 50.9 Å². The quantitative estimate of drug-likeness (QED) is 0.881. The van der Waals surface area contributed by atoms with E-state index in [2.05, 4.69) is 23.3 Å². The van der Waals surface area contributed by atoms with Gasteiger partial charge in [-0.2, -0.15) is 0 Å². The number of nitrogens with zero attached hydrogens (tertiary/aromatic N) is 3. The van der Waals surface area contributed by atoms with Crippen molar-refractivity contribution in [1.82, 2.24) is 15.0 Å². The van der Waals surface area contributed by atoms with E-state index in [0.29, 0.717) is 0 Å². The van der Waals surface area contributed by atoms with Crippen LogP contribution in [0.25, 0.3) is 0 Å². The third-order valence-corrected chi connectivity index (χ3v) is 5.19. The van der Waals surface area contributed by atoms with Crippen LogP contribution in [0.2, 0.25) is 0 Å². The van der Waals surface area contributed by atoms with Gasteiger partial charge in [0.1, 0.15) is 6.10 Å². The van der Waals surface area contributed by atoms with Crippen molar-refractivity contribution in [2.45, 2.75) is 58.1 Å². The summed E-state index contributed by atoms with van der Waals surface area (Å²) >= 11 is 1.76. The van der Waals surface area contributed by atoms with Gasteiger partial charge in [0.2, 0.25) is 0 Å². The number of fused-ring (bicyclic) bond motifs is 1. The smallest absolute Gasteiger partial charge is 0.131 e. The fourth-order valence-corrected chi connectivity index (χ4v) is 4.09. The minimum Gasteiger partial charge on any atom is -0.381 e. The lowest BCUT2D eigenvalue weighted by Gasteiger charge is -2.10. The first-order valence-corrected chi connectivity index (χ1v) is 8.29. The van der Waals surface area contributed by atoms with E-state index < -0.39 is 6.10 Å². The lowest BCUT2D eigenvalue weighted by Crippen LogP contribution is -2.09. The molecule has 1 unspecified atom stereocenters. The molecule has 0 aliphatic heterocycles. The molecular formula is C15H21N3OS. The van der Waals surface area contributed by atoms with Crippen LogP contribution in [-0.4, -0.2) is 20.1 Å². The van der Waals surface area contributed by atoms with Crippen LogP contribution in [0.3, 0.4) is 0 Å². The van der Waals surface area contributed by atoms with Gasteiger partial charge in [0.15, 0.2) is 0 Å². The van der Waals surface area contributed by atoms with Crippen molar-refractivity contribution >= 4 is 11.3 Å². The van der Waals surface area contributed by atoms with E-state index in [1.165, 1.54) is 36.1 Å². The number of aliphatic hydroxyl groups is 1. The Morgan fingerprint density at radius 3 is 3.05 bits per heavy atom. The summed E-state index contributed by atoms with van der Waals surface area (Å²) in [5, 5.41) is 18.6. The maximum absolute atomic E-state index is 10.6. The molecule has 0 saturated heterocycles. The van der Waals surface area contributed by atoms with E-state index in [-0.39, 0.29) is 0 Å². The normalized spacial score (nSPS) is 16.7. The van der Waals surface area contributed by atoms with E-state index in [1.807, 2.05) is 4.68 Å². The zero-order valence-corrected chi connectivity index (χ0v) is 12.7. The largest absolute Gasteiger partial charge is 0.381 e. The highest BCUT2D eigenvalue weighted by atomic mass is 32.1. The summed E-state index contributed by atoms with van der Waals surface area (Å²) in [6.07, 6.45) is 8.28. The van der Waals surface area contributed by atoms with Crippen molar-refractivity contribution in [3.05, 3.63) is 33.3 Å². The third-order valence-electron chi connectivity index (χ3n) is 3.90. The number of hydrogen-bond acceptors (Lipinski definition) is 4. The van der Waals surface area contributed by atoms with Gasteiger partial charge in [-0.3, -0.25) is 0 Å². The van der Waals surface area contributed by atoms with Crippen molar-refractivity contribution in [3.8, 4) is 0 Å². The molecule has 1 aliphatic rings. The Labute approximate surface area is 123 Å². The molecule has 1 aliphatic carbocycles. The molecule has 20 heavy (non-hydrogen) atoms. The highest BCUT2D eigenvalue weighted by Crippen LogP contribution is 2.34. The Morgan fingerprint density at radius 1 is 1.35 bits per heavy atom. The summed E-state index contributed by atoms with van der Waals surface area (Å²) < 4.78 is 1.82. The lowest BCUT2D eigenvalue weighted by atomic mass is 10.1. The van der Waals surface area contributed by atoms with Crippen LogP contribution in [0.1, 0.15) is 59.7 Å². The van der Waals surface area contributed by atoms with Crippen LogP contribution in [-0.2, 0) is 19.4 Å². The monoisotopic (exact) mass is 291 g/mol. The summed E-state index contributed by atoms with van der Waals surface area (Å²) in [5.41, 5.74) is 2.25. The average molecular weight is 291 g/mol. The number of aliphatic hydroxyl groups excluding tert-OH is 1. The molecule has 3 rings (SSSR count). The van der Waals surface area contributed by atoms with Crippen molar-refractivity contribution in [2.24, 2.45) is 0 Å². The standard InChI is InChI=1S/C15H21N3OS/c1-2-8-18-12(10-16-17-18)15(19)14-9-11-6-4-3-5-7-13(11)20-14/h9-10,15,19H,2-8H2,1H3. The van der Waals surface area contributed by atoms with Crippen LogP contribution in [0.15, 0.2) is 12.3 Å². The second kappa shape index (κ2) is 6.06. The molecule has 0 amide bonds. The van der Waals surface area contributed by atoms with Crippen LogP contribution in [0.4, 0.5) is 0 Å². The maximum atomic E-state index is 10.6. The molecule has 0 saturated carbocycles. The molecule has 2 aromatic rings. The van der Waals surface area contributed by atoms with E-state index >= 15 is 0 Å². The number of aromatic nitrogens is 3. The van der Waals surface area contributed by atoms with Gasteiger partial charge in [0, 0.05) is 16.3 Å². The lowest BCUT2D eigenvalue weighted by molar-refractivity contribution is 0.211. The molecule has 108 valence electrons. The van der Waals surface area contributed by atoms with Gasteiger partial charge in [-0.25, -0.2) is 4.68 Å². The summed E-state index contributed by atoms with van der Waals surface area (Å²) in [4.78, 5) is 2.50. The van der Waals surface area contributed by atoms with E-state index in [4.69, 9.17) is 0 Å². The van der Waals surface area contributed by atoms with Gasteiger partial charge in [0.25, 0.3) is 0 Å². The molecule has 2 aromatic heterocycles. The zero-order valence-electron chi connectivity index (χ0n) is 11.9. The van der Waals surface area contributed by atoms with Gasteiger partial charge in [0.05, 0.1) is 11.9 Å². The summed E-state index contributed by atoms with van der Waals surface area (Å²) in [6, 6.07) is 2.19. The second-order valence-corrected chi connectivity index (χ2v) is 6.61. The van der Waals surface area contributed by atoms with Gasteiger partial charge in [-0.1, -0.05) is 18.6 Å². The predicted octanol–water partition coefficient (Wildman–Crippen LogP) is 3.10. The minimum atomic E-state index is -0.589. The molecule has 4 nitrogen and oxygen atoms in total. The fraction of sp³-hybridized carbons (Fsp3) is 0.600. The zero-order chi connectivity index (χ0) is 13.9. The second-order valence-electron chi connectivity index (χ2n) is 5.44. The van der Waals surface area contributed by atoms with Gasteiger partial charge in [-0.05, 0) is 43.7 Å². The third kappa shape index (κ3) is 2.65. The van der Waals surface area contributed by atoms with Crippen LogP contribution < -0.4 is 0 Å². The first-order valence-electron chi connectivity index (χ1n) is 7.47. The first-order chi connectivity index (χ1) is 9.79. The van der Waals surface area contributed by atoms with Gasteiger partial charge in [-0.15, -0.1) is 16.4 Å². The Hall–Kier alpha value is -1.20. The maximum Gasteiger partial charge on any atom is 0.131 e. The Kier molecular flexibility index (Phi) is 4.17. The number of rotatable bonds is 4. The Bertz CT molecular complexity index is 552. The van der Waals surface area contributed by atoms with Crippen LogP contribution in [0, 0.1) is 0 Å². The van der Waals surface area contributed by atoms with Crippen molar-refractivity contribution in [1.29, 1.82) is 0 Å². The van der Waals surface area contributed by atoms with Gasteiger partial charge < -0.3 is 5.11 Å². The molecule has 1 N–H and O–H groups in total. The van der Waals surface area contributed by atoms with Gasteiger partial charge >= 0.3 is 0 Å². The van der Waals surface area contributed by atoms with E-state index in [9.17, 15) is 5.11 Å². The summed E-state index contributed by atoms with van der Waals surface area (Å²) in [6.45, 7) is 2.91. The molecule has 0 aromatic carbocycles. The first kappa shape index (κ1) is 13.8. The fourth-order valence-electron chi connectivity index (χ4n) is 2.83. The van der Waals surface area contributed by atoms with Crippen molar-refractivity contribution < 1.29 is 5.11 Å². The van der Waals surface area contributed by atoms with E-state index in [0.717, 1.165) is 30.0 Å². The van der Waals surface area contributed by atoms with Crippen LogP contribution >= 0.6 is 11.3 Å². The highest BCUT2D eigenvalue weighted by molar-refractivity contribution is 7.12. The molecule has 5 heteroatoms. The van der Waals surface area contributed by atoms with Crippen molar-refractivity contribution in [3.63, 3.8) is 0 Å². The molecular weight excluding hydrogens is 270 g/mol. The van der Waals surface area contributed by atoms with E-state index in [1.54, 1.807) is 17.5 Å². The number of hydrogen-bond donors (Lipinski definition) is 1. The van der Waals surface area contributed by atoms with Crippen molar-refractivity contribution in [2.75, 3.05) is 0 Å². The number of aryl methyl sites for hydroxylation is 3. The summed E-state index contributed by atoms with van der Waals surface area (Å²) in [7, 11) is 0. The molecule has 0 spiro atoms.